The lowest BCUT2D eigenvalue weighted by molar-refractivity contribution is -0.163. The maximum Gasteiger partial charge on any atom is 0.411 e. The number of likely N-dealkylation sites (tertiary alicyclic amines) is 2. The average molecular weight is 723 g/mol. The van der Waals surface area contributed by atoms with Crippen molar-refractivity contribution in [3.8, 4) is 23.7 Å². The molecular weight excluding hydrogens is 661 g/mol. The van der Waals surface area contributed by atoms with E-state index in [-0.39, 0.29) is 11.9 Å². The minimum Gasteiger partial charge on any atom is -0.468 e. The van der Waals surface area contributed by atoms with Crippen LogP contribution in [0.5, 0.6) is 0 Å². The highest BCUT2D eigenvalue weighted by molar-refractivity contribution is 6.77. The molecule has 0 bridgehead atoms. The number of esters is 1. The van der Waals surface area contributed by atoms with E-state index in [4.69, 9.17) is 18.3 Å². The van der Waals surface area contributed by atoms with Gasteiger partial charge in [-0.2, -0.15) is 0 Å². The van der Waals surface area contributed by atoms with Gasteiger partial charge in [0.2, 0.25) is 5.91 Å². The Morgan fingerprint density at radius 3 is 2.22 bits per heavy atom. The van der Waals surface area contributed by atoms with E-state index in [1.54, 1.807) is 0 Å². The molecule has 3 heterocycles. The lowest BCUT2D eigenvalue weighted by atomic mass is 9.63. The van der Waals surface area contributed by atoms with Gasteiger partial charge in [-0.15, -0.1) is 23.7 Å². The number of piperidine rings is 1. The number of amides is 2. The predicted molar refractivity (Wildman–Crippen MR) is 201 cm³/mol. The molecule has 1 aromatic rings. The van der Waals surface area contributed by atoms with E-state index in [0.717, 1.165) is 30.6 Å². The maximum atomic E-state index is 14.5. The number of carbonyl (C=O) groups excluding carboxylic acids is 3. The molecule has 0 aromatic carbocycles. The molecule has 0 radical (unpaired) electrons. The van der Waals surface area contributed by atoms with Crippen LogP contribution in [0, 0.1) is 35.0 Å². The summed E-state index contributed by atoms with van der Waals surface area (Å²) >= 11 is 0. The standard InChI is InChI=1S/C41H62N2O7Si/c1-13-15-17-18-20-22-42-26-41-24-30(25-48-51(27(3)4,28(5)6)29(7)8)43(39(46)50-40(9,10)11)36(41)35-32(23-31(49-35)21-19-16-14-2)34(41)33(37(42)44)38(45)47-12/h23,27-30,33-34,36H,17-22,24-26H2,1-12H3/t30-,33?,34?,36-,41+/m1/s1. The number of carbonyl (C=O) groups is 3. The zero-order valence-electron chi connectivity index (χ0n) is 33.2. The summed E-state index contributed by atoms with van der Waals surface area (Å²) in [5, 5.41) is 0. The molecule has 282 valence electrons. The Labute approximate surface area is 308 Å². The van der Waals surface area contributed by atoms with E-state index in [0.29, 0.717) is 61.3 Å². The van der Waals surface area contributed by atoms with E-state index in [9.17, 15) is 14.4 Å². The van der Waals surface area contributed by atoms with Crippen LogP contribution in [0.15, 0.2) is 10.5 Å². The number of aryl methyl sites for hydroxylation is 1. The number of furan rings is 1. The molecule has 0 N–H and O–H groups in total. The van der Waals surface area contributed by atoms with Crippen molar-refractivity contribution in [2.45, 2.75) is 155 Å². The van der Waals surface area contributed by atoms with Crippen molar-refractivity contribution in [2.75, 3.05) is 26.8 Å². The summed E-state index contributed by atoms with van der Waals surface area (Å²) in [5.74, 6) is 11.1. The van der Waals surface area contributed by atoms with Gasteiger partial charge in [-0.3, -0.25) is 14.5 Å². The zero-order valence-corrected chi connectivity index (χ0v) is 34.2. The largest absolute Gasteiger partial charge is 0.468 e. The van der Waals surface area contributed by atoms with Crippen LogP contribution in [0.1, 0.15) is 137 Å². The van der Waals surface area contributed by atoms with Gasteiger partial charge in [0.15, 0.2) is 8.32 Å². The lowest BCUT2D eigenvalue weighted by Gasteiger charge is -2.47. The third kappa shape index (κ3) is 7.79. The summed E-state index contributed by atoms with van der Waals surface area (Å²) in [4.78, 5) is 46.4. The Morgan fingerprint density at radius 2 is 1.65 bits per heavy atom. The molecule has 1 spiro atoms. The molecule has 1 aliphatic carbocycles. The fourth-order valence-corrected chi connectivity index (χ4v) is 15.2. The van der Waals surface area contributed by atoms with Gasteiger partial charge in [0.1, 0.15) is 29.1 Å². The minimum absolute atomic E-state index is 0.236. The number of nitrogens with zero attached hydrogens (tertiary/aromatic N) is 2. The molecule has 2 amide bonds. The van der Waals surface area contributed by atoms with Gasteiger partial charge in [-0.1, -0.05) is 41.5 Å². The second kappa shape index (κ2) is 16.2. The van der Waals surface area contributed by atoms with Gasteiger partial charge >= 0.3 is 12.1 Å². The number of unbranched alkanes of at least 4 members (excludes halogenated alkanes) is 2. The van der Waals surface area contributed by atoms with E-state index >= 15 is 0 Å². The molecule has 51 heavy (non-hydrogen) atoms. The summed E-state index contributed by atoms with van der Waals surface area (Å²) in [6, 6.07) is 1.07. The first kappa shape index (κ1) is 40.6. The molecule has 4 rings (SSSR count). The first-order chi connectivity index (χ1) is 24.0. The fourth-order valence-electron chi connectivity index (χ4n) is 9.67. The summed E-state index contributed by atoms with van der Waals surface area (Å²) < 4.78 is 25.5. The third-order valence-corrected chi connectivity index (χ3v) is 17.5. The van der Waals surface area contributed by atoms with Crippen molar-refractivity contribution in [2.24, 2.45) is 11.3 Å². The summed E-state index contributed by atoms with van der Waals surface area (Å²) in [6.45, 7) is 24.0. The van der Waals surface area contributed by atoms with Gasteiger partial charge in [0.05, 0.1) is 19.8 Å². The number of hydrogen-bond acceptors (Lipinski definition) is 7. The minimum atomic E-state index is -2.33. The van der Waals surface area contributed by atoms with Crippen LogP contribution in [0.4, 0.5) is 4.79 Å². The van der Waals surface area contributed by atoms with Crippen LogP contribution in [-0.4, -0.2) is 74.5 Å². The Morgan fingerprint density at radius 1 is 1.02 bits per heavy atom. The van der Waals surface area contributed by atoms with Gasteiger partial charge in [0, 0.05) is 49.2 Å². The summed E-state index contributed by atoms with van der Waals surface area (Å²) in [5.41, 5.74) is 0.414. The van der Waals surface area contributed by atoms with E-state index < -0.39 is 49.3 Å². The Kier molecular flexibility index (Phi) is 12.9. The number of methoxy groups -OCH3 is 1. The Hall–Kier alpha value is -3.21. The van der Waals surface area contributed by atoms with Gasteiger partial charge in [-0.25, -0.2) is 4.79 Å². The second-order valence-electron chi connectivity index (χ2n) is 16.6. The monoisotopic (exact) mass is 722 g/mol. The quantitative estimate of drug-likeness (QED) is 0.0663. The molecule has 9 nitrogen and oxygen atoms in total. The van der Waals surface area contributed by atoms with Crippen LogP contribution in [0.2, 0.25) is 16.6 Å². The van der Waals surface area contributed by atoms with E-state index in [1.165, 1.54) is 7.11 Å². The van der Waals surface area contributed by atoms with Crippen LogP contribution < -0.4 is 0 Å². The molecule has 1 aromatic heterocycles. The molecule has 10 heteroatoms. The number of rotatable bonds is 13. The molecule has 2 unspecified atom stereocenters. The number of fused-ring (bicyclic) bond motifs is 3. The molecular formula is C41H62N2O7Si. The van der Waals surface area contributed by atoms with Gasteiger partial charge < -0.3 is 23.2 Å². The van der Waals surface area contributed by atoms with E-state index in [2.05, 4.69) is 65.2 Å². The first-order valence-electron chi connectivity index (χ1n) is 18.9. The second-order valence-corrected chi connectivity index (χ2v) is 22.1. The molecule has 5 atom stereocenters. The van der Waals surface area contributed by atoms with Crippen LogP contribution in [0.25, 0.3) is 0 Å². The first-order valence-corrected chi connectivity index (χ1v) is 21.1. The highest BCUT2D eigenvalue weighted by Crippen LogP contribution is 2.68. The normalized spacial score (nSPS) is 24.2. The van der Waals surface area contributed by atoms with Crippen LogP contribution in [-0.2, 0) is 29.9 Å². The van der Waals surface area contributed by atoms with Crippen LogP contribution in [0.3, 0.4) is 0 Å². The van der Waals surface area contributed by atoms with Gasteiger partial charge in [-0.05, 0) is 76.6 Å². The summed E-state index contributed by atoms with van der Waals surface area (Å²) in [6.07, 6.45) is 3.60. The molecule has 2 aliphatic heterocycles. The number of hydrogen-bond donors (Lipinski definition) is 0. The highest BCUT2D eigenvalue weighted by Gasteiger charge is 2.71. The van der Waals surface area contributed by atoms with Crippen LogP contribution >= 0.6 is 0 Å². The maximum absolute atomic E-state index is 14.5. The van der Waals surface area contributed by atoms with Crippen molar-refractivity contribution < 1.29 is 32.7 Å². The zero-order chi connectivity index (χ0) is 37.9. The highest BCUT2D eigenvalue weighted by atomic mass is 28.4. The van der Waals surface area contributed by atoms with Gasteiger partial charge in [0.25, 0.3) is 0 Å². The predicted octanol–water partition coefficient (Wildman–Crippen LogP) is 8.39. The smallest absolute Gasteiger partial charge is 0.411 e. The van der Waals surface area contributed by atoms with Crippen molar-refractivity contribution in [1.29, 1.82) is 0 Å². The van der Waals surface area contributed by atoms with Crippen molar-refractivity contribution in [1.82, 2.24) is 9.80 Å². The lowest BCUT2D eigenvalue weighted by Crippen LogP contribution is -2.57. The van der Waals surface area contributed by atoms with E-state index in [1.807, 2.05) is 50.5 Å². The van der Waals surface area contributed by atoms with Crippen molar-refractivity contribution in [3.63, 3.8) is 0 Å². The SMILES string of the molecule is CC#CCCCCN1C[C@]23C[C@H](CO[Si](C(C)C)(C(C)C)C(C)C)N(C(=O)OC(C)(C)C)[C@@H]2c2oc(CCC#CC)cc2C3C(C(=O)OC)C1=O. The average Bonchev–Trinajstić information content (AvgIpc) is 3.65. The molecule has 0 saturated carbocycles. The number of ether oxygens (including phenoxy) is 2. The molecule has 2 saturated heterocycles. The third-order valence-electron chi connectivity index (χ3n) is 11.4. The summed E-state index contributed by atoms with van der Waals surface area (Å²) in [7, 11) is -0.988. The topological polar surface area (TPSA) is 98.5 Å². The van der Waals surface area contributed by atoms with Crippen molar-refractivity contribution in [3.05, 3.63) is 23.2 Å². The van der Waals surface area contributed by atoms with Crippen molar-refractivity contribution >= 4 is 26.3 Å². The Bertz CT molecular complexity index is 1530. The molecule has 3 aliphatic rings. The molecule has 2 fully saturated rings. The Balaban J connectivity index is 1.90. The fraction of sp³-hybridized carbons (Fsp3) is 0.732.